The van der Waals surface area contributed by atoms with Crippen LogP contribution in [0.2, 0.25) is 0 Å². The molecule has 1 radical (unpaired) electrons. The summed E-state index contributed by atoms with van der Waals surface area (Å²) in [5.74, 6) is 0.598. The highest BCUT2D eigenvalue weighted by molar-refractivity contribution is 5.94. The van der Waals surface area contributed by atoms with E-state index in [1.807, 2.05) is 0 Å². The van der Waals surface area contributed by atoms with Gasteiger partial charge in [0.25, 0.3) is 0 Å². The van der Waals surface area contributed by atoms with Crippen molar-refractivity contribution in [2.24, 2.45) is 0 Å². The van der Waals surface area contributed by atoms with Gasteiger partial charge in [-0.2, -0.15) is 0 Å². The van der Waals surface area contributed by atoms with E-state index in [9.17, 15) is 5.11 Å². The summed E-state index contributed by atoms with van der Waals surface area (Å²) >= 11 is 0. The fourth-order valence-electron chi connectivity index (χ4n) is 1.15. The van der Waals surface area contributed by atoms with Crippen LogP contribution in [-0.4, -0.2) is 10.1 Å². The summed E-state index contributed by atoms with van der Waals surface area (Å²) < 4.78 is 0. The number of rotatable bonds is 0. The molecule has 59 valence electrons. The first-order valence-electron chi connectivity index (χ1n) is 3.52. The Hall–Kier alpha value is -1.77. The van der Waals surface area contributed by atoms with Crippen molar-refractivity contribution < 1.29 is 5.11 Å². The minimum atomic E-state index is 0.182. The fraction of sp³-hybridized carbons (Fsp3) is 0. The van der Waals surface area contributed by atoms with Crippen LogP contribution in [-0.2, 0) is 0 Å². The highest BCUT2D eigenvalue weighted by Crippen LogP contribution is 2.25. The molecule has 0 bridgehead atoms. The minimum Gasteiger partial charge on any atom is -0.507 e. The van der Waals surface area contributed by atoms with E-state index < -0.39 is 0 Å². The zero-order valence-electron chi connectivity index (χ0n) is 6.28. The number of nitrogen functional groups attached to an aromatic ring is 1. The average Bonchev–Trinajstić information content (AvgIpc) is 2.07. The third kappa shape index (κ3) is 0.871. The van der Waals surface area contributed by atoms with Crippen molar-refractivity contribution in [1.82, 2.24) is 4.98 Å². The summed E-state index contributed by atoms with van der Waals surface area (Å²) in [5.41, 5.74) is 5.58. The molecule has 0 unspecified atom stereocenters. The number of hydrogen-bond donors (Lipinski definition) is 2. The van der Waals surface area contributed by atoms with Crippen molar-refractivity contribution in [3.8, 4) is 5.75 Å². The molecule has 1 aromatic carbocycles. The van der Waals surface area contributed by atoms with E-state index in [0.29, 0.717) is 11.2 Å². The Morgan fingerprint density at radius 2 is 2.17 bits per heavy atom. The minimum absolute atomic E-state index is 0.182. The first-order chi connectivity index (χ1) is 5.79. The van der Waals surface area contributed by atoms with Crippen LogP contribution < -0.4 is 5.73 Å². The molecule has 12 heavy (non-hydrogen) atoms. The highest BCUT2D eigenvalue weighted by atomic mass is 16.3. The Balaban J connectivity index is 2.94. The molecular formula is C9H7N2O. The van der Waals surface area contributed by atoms with Crippen molar-refractivity contribution in [1.29, 1.82) is 0 Å². The zero-order valence-corrected chi connectivity index (χ0v) is 6.28. The van der Waals surface area contributed by atoms with Gasteiger partial charge < -0.3 is 10.8 Å². The van der Waals surface area contributed by atoms with Crippen LogP contribution in [0.25, 0.3) is 10.8 Å². The third-order valence-electron chi connectivity index (χ3n) is 1.74. The lowest BCUT2D eigenvalue weighted by atomic mass is 10.1. The molecule has 0 aliphatic rings. The molecule has 3 N–H and O–H groups in total. The number of aromatic nitrogens is 1. The van der Waals surface area contributed by atoms with Crippen molar-refractivity contribution in [3.05, 3.63) is 30.5 Å². The van der Waals surface area contributed by atoms with Crippen LogP contribution in [0.5, 0.6) is 5.75 Å². The Labute approximate surface area is 69.5 Å². The summed E-state index contributed by atoms with van der Waals surface area (Å²) in [6, 6.07) is 7.70. The lowest BCUT2D eigenvalue weighted by molar-refractivity contribution is 0.481. The number of benzene rings is 1. The lowest BCUT2D eigenvalue weighted by Gasteiger charge is -2.00. The second-order valence-corrected chi connectivity index (χ2v) is 2.50. The van der Waals surface area contributed by atoms with Gasteiger partial charge in [-0.25, -0.2) is 4.98 Å². The van der Waals surface area contributed by atoms with Gasteiger partial charge in [-0.3, -0.25) is 0 Å². The normalized spacial score (nSPS) is 10.3. The van der Waals surface area contributed by atoms with Crippen molar-refractivity contribution >= 4 is 16.6 Å². The van der Waals surface area contributed by atoms with Gasteiger partial charge in [0.2, 0.25) is 0 Å². The van der Waals surface area contributed by atoms with E-state index in [2.05, 4.69) is 11.1 Å². The average molecular weight is 159 g/mol. The van der Waals surface area contributed by atoms with Crippen molar-refractivity contribution in [2.75, 3.05) is 5.73 Å². The number of anilines is 1. The predicted octanol–water partition coefficient (Wildman–Crippen LogP) is 1.32. The molecule has 0 saturated carbocycles. The zero-order chi connectivity index (χ0) is 8.55. The molecule has 0 spiro atoms. The van der Waals surface area contributed by atoms with E-state index in [-0.39, 0.29) is 5.75 Å². The van der Waals surface area contributed by atoms with Gasteiger partial charge in [-0.1, -0.05) is 0 Å². The SMILES string of the molecule is Nc1nccc2c(O)c[c]cc12. The van der Waals surface area contributed by atoms with Crippen LogP contribution >= 0.6 is 0 Å². The molecule has 1 heterocycles. The Morgan fingerprint density at radius 1 is 1.33 bits per heavy atom. The molecule has 3 nitrogen and oxygen atoms in total. The summed E-state index contributed by atoms with van der Waals surface area (Å²) in [7, 11) is 0. The maximum Gasteiger partial charge on any atom is 0.131 e. The molecule has 2 aromatic rings. The number of nitrogens with zero attached hydrogens (tertiary/aromatic N) is 1. The maximum atomic E-state index is 9.38. The van der Waals surface area contributed by atoms with Gasteiger partial charge in [0.1, 0.15) is 11.6 Å². The molecule has 0 aliphatic carbocycles. The smallest absolute Gasteiger partial charge is 0.131 e. The topological polar surface area (TPSA) is 59.1 Å². The van der Waals surface area contributed by atoms with Gasteiger partial charge in [0, 0.05) is 17.0 Å². The van der Waals surface area contributed by atoms with E-state index in [1.165, 1.54) is 6.07 Å². The van der Waals surface area contributed by atoms with Gasteiger partial charge in [-0.15, -0.1) is 0 Å². The second-order valence-electron chi connectivity index (χ2n) is 2.50. The number of aromatic hydroxyl groups is 1. The molecule has 0 fully saturated rings. The molecular weight excluding hydrogens is 152 g/mol. The van der Waals surface area contributed by atoms with Crippen LogP contribution in [0.3, 0.4) is 0 Å². The number of nitrogens with two attached hydrogens (primary N) is 1. The molecule has 1 aromatic heterocycles. The summed E-state index contributed by atoms with van der Waals surface area (Å²) in [6.07, 6.45) is 1.57. The highest BCUT2D eigenvalue weighted by Gasteiger charge is 2.00. The van der Waals surface area contributed by atoms with Crippen molar-refractivity contribution in [2.45, 2.75) is 0 Å². The number of hydrogen-bond acceptors (Lipinski definition) is 3. The molecule has 0 amide bonds. The van der Waals surface area contributed by atoms with Crippen LogP contribution in [0.4, 0.5) is 5.82 Å². The van der Waals surface area contributed by atoms with Gasteiger partial charge >= 0.3 is 0 Å². The van der Waals surface area contributed by atoms with E-state index in [1.54, 1.807) is 18.3 Å². The summed E-state index contributed by atoms with van der Waals surface area (Å²) in [5, 5.41) is 10.8. The number of pyridine rings is 1. The largest absolute Gasteiger partial charge is 0.507 e. The second kappa shape index (κ2) is 2.37. The fourth-order valence-corrected chi connectivity index (χ4v) is 1.15. The van der Waals surface area contributed by atoms with E-state index >= 15 is 0 Å². The lowest BCUT2D eigenvalue weighted by Crippen LogP contribution is -1.90. The standard InChI is InChI=1S/C9H7N2O/c10-9-7-2-1-3-8(12)6(7)4-5-11-9/h2-5,12H,(H2,10,11). The first kappa shape index (κ1) is 6.91. The quantitative estimate of drug-likeness (QED) is 0.609. The Morgan fingerprint density at radius 3 is 2.92 bits per heavy atom. The number of phenols is 1. The molecule has 0 aliphatic heterocycles. The van der Waals surface area contributed by atoms with Crippen molar-refractivity contribution in [3.63, 3.8) is 0 Å². The first-order valence-corrected chi connectivity index (χ1v) is 3.52. The van der Waals surface area contributed by atoms with Crippen LogP contribution in [0.1, 0.15) is 0 Å². The number of fused-ring (bicyclic) bond motifs is 1. The molecule has 0 saturated heterocycles. The predicted molar refractivity (Wildman–Crippen MR) is 46.7 cm³/mol. The maximum absolute atomic E-state index is 9.38. The van der Waals surface area contributed by atoms with Crippen LogP contribution in [0, 0.1) is 6.07 Å². The van der Waals surface area contributed by atoms with Crippen LogP contribution in [0.15, 0.2) is 24.4 Å². The third-order valence-corrected chi connectivity index (χ3v) is 1.74. The molecule has 0 atom stereocenters. The monoisotopic (exact) mass is 159 g/mol. The summed E-state index contributed by atoms with van der Waals surface area (Å²) in [4.78, 5) is 3.90. The van der Waals surface area contributed by atoms with Gasteiger partial charge in [0.05, 0.1) is 0 Å². The van der Waals surface area contributed by atoms with E-state index in [4.69, 9.17) is 5.73 Å². The van der Waals surface area contributed by atoms with Gasteiger partial charge in [0.15, 0.2) is 0 Å². The Kier molecular flexibility index (Phi) is 1.37. The van der Waals surface area contributed by atoms with Gasteiger partial charge in [-0.05, 0) is 24.3 Å². The summed E-state index contributed by atoms with van der Waals surface area (Å²) in [6.45, 7) is 0. The molecule has 2 rings (SSSR count). The number of phenolic OH excluding ortho intramolecular Hbond substituents is 1. The van der Waals surface area contributed by atoms with E-state index in [0.717, 1.165) is 5.39 Å². The Bertz CT molecular complexity index is 385. The molecule has 3 heteroatoms.